The molecule has 0 radical (unpaired) electrons. The molecule has 0 saturated heterocycles. The molecule has 1 rings (SSSR count). The first-order valence-electron chi connectivity index (χ1n) is 5.96. The summed E-state index contributed by atoms with van der Waals surface area (Å²) in [6.45, 7) is 12.5. The van der Waals surface area contributed by atoms with Gasteiger partial charge in [0, 0.05) is 18.8 Å². The van der Waals surface area contributed by atoms with Crippen LogP contribution in [0.25, 0.3) is 0 Å². The lowest BCUT2D eigenvalue weighted by Gasteiger charge is -2.21. The van der Waals surface area contributed by atoms with Gasteiger partial charge in [-0.1, -0.05) is 26.8 Å². The Hall–Kier alpha value is -1.05. The van der Waals surface area contributed by atoms with E-state index in [1.165, 1.54) is 6.42 Å². The van der Waals surface area contributed by atoms with Crippen molar-refractivity contribution in [2.24, 2.45) is 0 Å². The lowest BCUT2D eigenvalue weighted by molar-refractivity contribution is 0.776. The van der Waals surface area contributed by atoms with Crippen molar-refractivity contribution in [1.29, 1.82) is 0 Å². The molecule has 0 spiro atoms. The minimum Gasteiger partial charge on any atom is -0.357 e. The number of hydrogen-bond acceptors (Lipinski definition) is 2. The van der Waals surface area contributed by atoms with Crippen LogP contribution in [0.1, 0.15) is 39.8 Å². The molecule has 0 atom stereocenters. The van der Waals surface area contributed by atoms with Gasteiger partial charge in [-0.25, -0.2) is 4.98 Å². The highest BCUT2D eigenvalue weighted by Crippen LogP contribution is 2.10. The van der Waals surface area contributed by atoms with Crippen LogP contribution in [0, 0.1) is 6.92 Å². The predicted octanol–water partition coefficient (Wildman–Crippen LogP) is 3.65. The Morgan fingerprint density at radius 2 is 1.87 bits per heavy atom. The average Bonchev–Trinajstić information content (AvgIpc) is 2.28. The van der Waals surface area contributed by atoms with Crippen LogP contribution in [0.4, 0.5) is 5.82 Å². The van der Waals surface area contributed by atoms with E-state index in [2.05, 4.69) is 35.9 Å². The third kappa shape index (κ3) is 4.82. The summed E-state index contributed by atoms with van der Waals surface area (Å²) in [6.07, 6.45) is 1.17. The lowest BCUT2D eigenvalue weighted by atomic mass is 10.3. The first-order valence-corrected chi connectivity index (χ1v) is 5.96. The monoisotopic (exact) mass is 208 g/mol. The van der Waals surface area contributed by atoms with Gasteiger partial charge < -0.3 is 4.90 Å². The van der Waals surface area contributed by atoms with E-state index in [-0.39, 0.29) is 0 Å². The van der Waals surface area contributed by atoms with Crippen LogP contribution in [0.2, 0.25) is 0 Å². The molecule has 86 valence electrons. The maximum Gasteiger partial charge on any atom is 0.128 e. The second-order valence-electron chi connectivity index (χ2n) is 3.22. The topological polar surface area (TPSA) is 16.1 Å². The van der Waals surface area contributed by atoms with E-state index < -0.39 is 0 Å². The minimum absolute atomic E-state index is 1.03. The van der Waals surface area contributed by atoms with Gasteiger partial charge in [-0.05, 0) is 32.4 Å². The molecule has 2 nitrogen and oxygen atoms in total. The van der Waals surface area contributed by atoms with E-state index in [9.17, 15) is 0 Å². The zero-order valence-corrected chi connectivity index (χ0v) is 10.7. The summed E-state index contributed by atoms with van der Waals surface area (Å²) in [5.41, 5.74) is 1.09. The smallest absolute Gasteiger partial charge is 0.128 e. The maximum atomic E-state index is 4.49. The quantitative estimate of drug-likeness (QED) is 0.750. The van der Waals surface area contributed by atoms with Crippen LogP contribution in [-0.4, -0.2) is 18.1 Å². The maximum absolute atomic E-state index is 4.49. The second kappa shape index (κ2) is 8.27. The molecule has 0 fully saturated rings. The Labute approximate surface area is 94.3 Å². The Balaban J connectivity index is 0.000000921. The van der Waals surface area contributed by atoms with Crippen LogP contribution in [0.5, 0.6) is 0 Å². The highest BCUT2D eigenvalue weighted by atomic mass is 15.2. The highest BCUT2D eigenvalue weighted by molar-refractivity contribution is 5.38. The van der Waals surface area contributed by atoms with E-state index in [0.29, 0.717) is 0 Å². The summed E-state index contributed by atoms with van der Waals surface area (Å²) in [5.74, 6) is 1.10. The van der Waals surface area contributed by atoms with Crippen molar-refractivity contribution >= 4 is 5.82 Å². The van der Waals surface area contributed by atoms with Gasteiger partial charge in [0.15, 0.2) is 0 Å². The first-order chi connectivity index (χ1) is 7.27. The van der Waals surface area contributed by atoms with Gasteiger partial charge >= 0.3 is 0 Å². The molecule has 0 aliphatic heterocycles. The van der Waals surface area contributed by atoms with Crippen molar-refractivity contribution in [3.05, 3.63) is 23.9 Å². The molecule has 1 aromatic heterocycles. The van der Waals surface area contributed by atoms with Crippen molar-refractivity contribution in [2.75, 3.05) is 18.0 Å². The Morgan fingerprint density at radius 1 is 1.20 bits per heavy atom. The summed E-state index contributed by atoms with van der Waals surface area (Å²) in [4.78, 5) is 6.79. The Morgan fingerprint density at radius 3 is 2.33 bits per heavy atom. The van der Waals surface area contributed by atoms with E-state index in [0.717, 1.165) is 24.6 Å². The van der Waals surface area contributed by atoms with Crippen molar-refractivity contribution in [3.8, 4) is 0 Å². The largest absolute Gasteiger partial charge is 0.357 e. The third-order valence-corrected chi connectivity index (χ3v) is 2.07. The summed E-state index contributed by atoms with van der Waals surface area (Å²) < 4.78 is 0. The van der Waals surface area contributed by atoms with E-state index in [1.54, 1.807) is 0 Å². The molecule has 0 aliphatic rings. The molecular weight excluding hydrogens is 184 g/mol. The minimum atomic E-state index is 1.03. The fourth-order valence-corrected chi connectivity index (χ4v) is 1.41. The number of hydrogen-bond donors (Lipinski definition) is 0. The van der Waals surface area contributed by atoms with Gasteiger partial charge in [0.1, 0.15) is 5.82 Å². The number of aryl methyl sites for hydroxylation is 1. The molecular formula is C13H24N2. The highest BCUT2D eigenvalue weighted by Gasteiger charge is 2.02. The molecule has 0 unspecified atom stereocenters. The molecule has 0 N–H and O–H groups in total. The summed E-state index contributed by atoms with van der Waals surface area (Å²) in [7, 11) is 0. The zero-order valence-electron chi connectivity index (χ0n) is 10.7. The molecule has 15 heavy (non-hydrogen) atoms. The van der Waals surface area contributed by atoms with Crippen LogP contribution in [0.15, 0.2) is 18.2 Å². The predicted molar refractivity (Wildman–Crippen MR) is 68.5 cm³/mol. The van der Waals surface area contributed by atoms with Crippen LogP contribution in [-0.2, 0) is 0 Å². The number of aromatic nitrogens is 1. The molecule has 1 heterocycles. The van der Waals surface area contributed by atoms with E-state index in [4.69, 9.17) is 0 Å². The summed E-state index contributed by atoms with van der Waals surface area (Å²) in [6, 6.07) is 6.17. The summed E-state index contributed by atoms with van der Waals surface area (Å²) >= 11 is 0. The van der Waals surface area contributed by atoms with Crippen molar-refractivity contribution in [1.82, 2.24) is 4.98 Å². The molecule has 0 saturated carbocycles. The number of pyridine rings is 1. The summed E-state index contributed by atoms with van der Waals surface area (Å²) in [5, 5.41) is 0. The average molecular weight is 208 g/mol. The third-order valence-electron chi connectivity index (χ3n) is 2.07. The number of nitrogens with zero attached hydrogens (tertiary/aromatic N) is 2. The van der Waals surface area contributed by atoms with E-state index >= 15 is 0 Å². The molecule has 1 aromatic rings. The standard InChI is InChI=1S/C11H18N2.C2H6/c1-4-9-13(5-2)11-8-6-7-10(3)12-11;1-2/h6-8H,4-5,9H2,1-3H3;1-2H3. The number of anilines is 1. The lowest BCUT2D eigenvalue weighted by Crippen LogP contribution is -2.24. The molecule has 2 heteroatoms. The SMILES string of the molecule is CC.CCCN(CC)c1cccc(C)n1. The van der Waals surface area contributed by atoms with Crippen LogP contribution < -0.4 is 4.90 Å². The van der Waals surface area contributed by atoms with Crippen LogP contribution in [0.3, 0.4) is 0 Å². The Kier molecular flexibility index (Phi) is 7.69. The molecule has 0 amide bonds. The Bertz CT molecular complexity index is 258. The fourth-order valence-electron chi connectivity index (χ4n) is 1.41. The first kappa shape index (κ1) is 13.9. The normalized spacial score (nSPS) is 9.13. The molecule has 0 bridgehead atoms. The van der Waals surface area contributed by atoms with Crippen LogP contribution >= 0.6 is 0 Å². The molecule has 0 aromatic carbocycles. The zero-order chi connectivity index (χ0) is 11.7. The van der Waals surface area contributed by atoms with E-state index in [1.807, 2.05) is 26.8 Å². The van der Waals surface area contributed by atoms with Gasteiger partial charge in [0.05, 0.1) is 0 Å². The second-order valence-corrected chi connectivity index (χ2v) is 3.22. The fraction of sp³-hybridized carbons (Fsp3) is 0.615. The van der Waals surface area contributed by atoms with Gasteiger partial charge in [0.25, 0.3) is 0 Å². The van der Waals surface area contributed by atoms with Crippen molar-refractivity contribution < 1.29 is 0 Å². The van der Waals surface area contributed by atoms with Crippen molar-refractivity contribution in [2.45, 2.75) is 41.0 Å². The van der Waals surface area contributed by atoms with Gasteiger partial charge in [0.2, 0.25) is 0 Å². The van der Waals surface area contributed by atoms with Gasteiger partial charge in [-0.15, -0.1) is 0 Å². The van der Waals surface area contributed by atoms with Crippen molar-refractivity contribution in [3.63, 3.8) is 0 Å². The van der Waals surface area contributed by atoms with Gasteiger partial charge in [-0.2, -0.15) is 0 Å². The number of rotatable bonds is 4. The van der Waals surface area contributed by atoms with Gasteiger partial charge in [-0.3, -0.25) is 0 Å². The molecule has 0 aliphatic carbocycles.